The largest absolute Gasteiger partial charge is 0.454 e. The third kappa shape index (κ3) is 4.11. The predicted octanol–water partition coefficient (Wildman–Crippen LogP) is 4.62. The molecule has 1 atom stereocenters. The topological polar surface area (TPSA) is 50.8 Å². The van der Waals surface area contributed by atoms with E-state index in [9.17, 15) is 4.79 Å². The van der Waals surface area contributed by atoms with Crippen LogP contribution in [0.3, 0.4) is 0 Å². The van der Waals surface area contributed by atoms with Crippen LogP contribution in [0.5, 0.6) is 11.5 Å². The van der Waals surface area contributed by atoms with E-state index in [-0.39, 0.29) is 18.9 Å². The molecule has 0 fully saturated rings. The Labute approximate surface area is 156 Å². The van der Waals surface area contributed by atoms with Crippen LogP contribution in [0.15, 0.2) is 36.4 Å². The van der Waals surface area contributed by atoms with Gasteiger partial charge in [-0.25, -0.2) is 4.79 Å². The second-order valence-electron chi connectivity index (χ2n) is 5.89. The van der Waals surface area contributed by atoms with Gasteiger partial charge in [-0.2, -0.15) is 0 Å². The lowest BCUT2D eigenvalue weighted by molar-refractivity contribution is 0.174. The van der Waals surface area contributed by atoms with Crippen LogP contribution in [-0.2, 0) is 6.54 Å². The maximum atomic E-state index is 12.4. The minimum absolute atomic E-state index is 0.184. The van der Waals surface area contributed by atoms with E-state index in [1.54, 1.807) is 24.1 Å². The summed E-state index contributed by atoms with van der Waals surface area (Å²) in [5.74, 6) is 1.43. The number of amides is 2. The summed E-state index contributed by atoms with van der Waals surface area (Å²) in [7, 11) is 1.74. The first-order valence-corrected chi connectivity index (χ1v) is 8.54. The van der Waals surface area contributed by atoms with Crippen LogP contribution in [-0.4, -0.2) is 24.8 Å². The average Bonchev–Trinajstić information content (AvgIpc) is 3.04. The number of carbonyl (C=O) groups is 1. The Bertz CT molecular complexity index is 798. The second-order valence-corrected chi connectivity index (χ2v) is 6.70. The number of hydrogen-bond acceptors (Lipinski definition) is 3. The van der Waals surface area contributed by atoms with Gasteiger partial charge in [0.2, 0.25) is 6.79 Å². The van der Waals surface area contributed by atoms with Gasteiger partial charge in [0.1, 0.15) is 0 Å². The van der Waals surface area contributed by atoms with Gasteiger partial charge in [-0.3, -0.25) is 0 Å². The van der Waals surface area contributed by atoms with Crippen molar-refractivity contribution in [2.75, 3.05) is 13.8 Å². The molecule has 0 aromatic heterocycles. The van der Waals surface area contributed by atoms with Crippen molar-refractivity contribution >= 4 is 29.2 Å². The Morgan fingerprint density at radius 1 is 1.16 bits per heavy atom. The van der Waals surface area contributed by atoms with Crippen LogP contribution in [0.2, 0.25) is 10.0 Å². The monoisotopic (exact) mass is 380 g/mol. The molecular weight excluding hydrogens is 363 g/mol. The zero-order valence-corrected chi connectivity index (χ0v) is 15.4. The number of fused-ring (bicyclic) bond motifs is 1. The molecule has 2 aromatic rings. The third-order valence-corrected chi connectivity index (χ3v) is 4.73. The summed E-state index contributed by atoms with van der Waals surface area (Å²) in [4.78, 5) is 14.0. The molecule has 1 N–H and O–H groups in total. The van der Waals surface area contributed by atoms with Gasteiger partial charge >= 0.3 is 6.03 Å². The number of rotatable bonds is 4. The number of ether oxygens (including phenoxy) is 2. The molecule has 1 unspecified atom stereocenters. The first-order valence-electron chi connectivity index (χ1n) is 7.79. The van der Waals surface area contributed by atoms with Gasteiger partial charge in [-0.05, 0) is 42.3 Å². The molecule has 132 valence electrons. The number of urea groups is 1. The van der Waals surface area contributed by atoms with Crippen LogP contribution in [0.4, 0.5) is 4.79 Å². The van der Waals surface area contributed by atoms with Crippen molar-refractivity contribution < 1.29 is 14.3 Å². The molecule has 0 bridgehead atoms. The summed E-state index contributed by atoms with van der Waals surface area (Å²) in [5.41, 5.74) is 1.85. The fraction of sp³-hybridized carbons (Fsp3) is 0.278. The molecule has 0 spiro atoms. The fourth-order valence-corrected chi connectivity index (χ4v) is 2.85. The van der Waals surface area contributed by atoms with Crippen LogP contribution in [0.25, 0.3) is 0 Å². The molecule has 0 saturated heterocycles. The number of benzene rings is 2. The zero-order valence-electron chi connectivity index (χ0n) is 13.9. The molecule has 0 radical (unpaired) electrons. The van der Waals surface area contributed by atoms with Gasteiger partial charge in [0.25, 0.3) is 0 Å². The first kappa shape index (κ1) is 17.7. The standard InChI is InChI=1S/C18H18Cl2N2O3/c1-11(13-4-5-14(19)15(20)8-13)21-18(23)22(2)9-12-3-6-16-17(7-12)25-10-24-16/h3-8,11H,9-10H2,1-2H3,(H,21,23). The molecule has 3 rings (SSSR count). The number of halogens is 2. The van der Waals surface area contributed by atoms with Crippen molar-refractivity contribution in [3.05, 3.63) is 57.6 Å². The molecule has 1 heterocycles. The van der Waals surface area contributed by atoms with Gasteiger partial charge in [0.05, 0.1) is 16.1 Å². The van der Waals surface area contributed by atoms with E-state index in [2.05, 4.69) is 5.32 Å². The van der Waals surface area contributed by atoms with E-state index in [1.165, 1.54) is 0 Å². The van der Waals surface area contributed by atoms with Crippen molar-refractivity contribution in [3.8, 4) is 11.5 Å². The smallest absolute Gasteiger partial charge is 0.317 e. The number of carbonyl (C=O) groups excluding carboxylic acids is 1. The first-order chi connectivity index (χ1) is 11.9. The Kier molecular flexibility index (Phi) is 5.25. The van der Waals surface area contributed by atoms with Crippen molar-refractivity contribution in [2.24, 2.45) is 0 Å². The summed E-state index contributed by atoms with van der Waals surface area (Å²) in [6.07, 6.45) is 0. The van der Waals surface area contributed by atoms with E-state index >= 15 is 0 Å². The molecule has 7 heteroatoms. The fourth-order valence-electron chi connectivity index (χ4n) is 2.55. The maximum absolute atomic E-state index is 12.4. The Balaban J connectivity index is 1.61. The summed E-state index contributed by atoms with van der Waals surface area (Å²) in [6.45, 7) is 2.58. The second kappa shape index (κ2) is 7.42. The summed E-state index contributed by atoms with van der Waals surface area (Å²) in [5, 5.41) is 3.90. The Hall–Kier alpha value is -2.11. The van der Waals surface area contributed by atoms with E-state index < -0.39 is 0 Å². The van der Waals surface area contributed by atoms with Gasteiger partial charge in [-0.15, -0.1) is 0 Å². The lowest BCUT2D eigenvalue weighted by Crippen LogP contribution is -2.38. The van der Waals surface area contributed by atoms with Gasteiger partial charge in [0.15, 0.2) is 11.5 Å². The average molecular weight is 381 g/mol. The molecule has 1 aliphatic heterocycles. The minimum atomic E-state index is -0.193. The van der Waals surface area contributed by atoms with Gasteiger partial charge in [0, 0.05) is 13.6 Å². The molecule has 1 aliphatic rings. The highest BCUT2D eigenvalue weighted by Gasteiger charge is 2.17. The van der Waals surface area contributed by atoms with E-state index in [4.69, 9.17) is 32.7 Å². The SMILES string of the molecule is CC(NC(=O)N(C)Cc1ccc2c(c1)OCO2)c1ccc(Cl)c(Cl)c1. The molecule has 0 saturated carbocycles. The summed E-state index contributed by atoms with van der Waals surface area (Å²) in [6, 6.07) is 10.6. The minimum Gasteiger partial charge on any atom is -0.454 e. The summed E-state index contributed by atoms with van der Waals surface area (Å²) >= 11 is 12.0. The van der Waals surface area contributed by atoms with Crippen LogP contribution >= 0.6 is 23.2 Å². The normalized spacial score (nSPS) is 13.4. The highest BCUT2D eigenvalue weighted by atomic mass is 35.5. The number of hydrogen-bond donors (Lipinski definition) is 1. The maximum Gasteiger partial charge on any atom is 0.317 e. The van der Waals surface area contributed by atoms with Crippen LogP contribution in [0, 0.1) is 0 Å². The van der Waals surface area contributed by atoms with Crippen LogP contribution < -0.4 is 14.8 Å². The molecule has 2 aromatic carbocycles. The lowest BCUT2D eigenvalue weighted by atomic mass is 10.1. The predicted molar refractivity (Wildman–Crippen MR) is 97.4 cm³/mol. The highest BCUT2D eigenvalue weighted by molar-refractivity contribution is 6.42. The lowest BCUT2D eigenvalue weighted by Gasteiger charge is -2.22. The molecule has 5 nitrogen and oxygen atoms in total. The number of nitrogens with one attached hydrogen (secondary N) is 1. The van der Waals surface area contributed by atoms with Crippen LogP contribution in [0.1, 0.15) is 24.1 Å². The van der Waals surface area contributed by atoms with E-state index in [0.29, 0.717) is 22.3 Å². The molecule has 0 aliphatic carbocycles. The van der Waals surface area contributed by atoms with Crippen molar-refractivity contribution in [1.82, 2.24) is 10.2 Å². The highest BCUT2D eigenvalue weighted by Crippen LogP contribution is 2.32. The summed E-state index contributed by atoms with van der Waals surface area (Å²) < 4.78 is 10.7. The zero-order chi connectivity index (χ0) is 18.0. The Morgan fingerprint density at radius 3 is 2.68 bits per heavy atom. The van der Waals surface area contributed by atoms with E-state index in [0.717, 1.165) is 16.9 Å². The number of nitrogens with zero attached hydrogens (tertiary/aromatic N) is 1. The molecule has 2 amide bonds. The Morgan fingerprint density at radius 2 is 1.92 bits per heavy atom. The molecular formula is C18H18Cl2N2O3. The van der Waals surface area contributed by atoms with Gasteiger partial charge in [-0.1, -0.05) is 35.3 Å². The van der Waals surface area contributed by atoms with Crippen molar-refractivity contribution in [3.63, 3.8) is 0 Å². The van der Waals surface area contributed by atoms with Crippen molar-refractivity contribution in [1.29, 1.82) is 0 Å². The van der Waals surface area contributed by atoms with E-state index in [1.807, 2.05) is 31.2 Å². The van der Waals surface area contributed by atoms with Crippen molar-refractivity contribution in [2.45, 2.75) is 19.5 Å². The molecule has 25 heavy (non-hydrogen) atoms. The third-order valence-electron chi connectivity index (χ3n) is 3.99. The quantitative estimate of drug-likeness (QED) is 0.841. The van der Waals surface area contributed by atoms with Gasteiger partial charge < -0.3 is 19.7 Å².